The van der Waals surface area contributed by atoms with Gasteiger partial charge in [0.25, 0.3) is 0 Å². The number of carboxylic acid groups (broad SMARTS) is 1. The molecule has 0 aromatic heterocycles. The molecule has 18 heavy (non-hydrogen) atoms. The van der Waals surface area contributed by atoms with Gasteiger partial charge in [-0.25, -0.2) is 4.79 Å². The lowest BCUT2D eigenvalue weighted by molar-refractivity contribution is -0.137. The Morgan fingerprint density at radius 3 is 2.44 bits per heavy atom. The number of nitrogens with one attached hydrogen (secondary N) is 1. The molecule has 0 aliphatic heterocycles. The predicted octanol–water partition coefficient (Wildman–Crippen LogP) is 1.16. The highest BCUT2D eigenvalue weighted by Crippen LogP contribution is 2.06. The van der Waals surface area contributed by atoms with E-state index in [2.05, 4.69) is 5.32 Å². The van der Waals surface area contributed by atoms with E-state index in [-0.39, 0.29) is 24.4 Å². The quantitative estimate of drug-likeness (QED) is 0.642. The van der Waals surface area contributed by atoms with Crippen LogP contribution in [0.25, 0.3) is 0 Å². The highest BCUT2D eigenvalue weighted by molar-refractivity contribution is 5.75. The summed E-state index contributed by atoms with van der Waals surface area (Å²) in [6.07, 6.45) is -0.0668. The largest absolute Gasteiger partial charge is 0.481 e. The first-order valence-electron chi connectivity index (χ1n) is 6.19. The third-order valence-corrected chi connectivity index (χ3v) is 2.63. The molecule has 106 valence electrons. The summed E-state index contributed by atoms with van der Waals surface area (Å²) < 4.78 is 5.16. The van der Waals surface area contributed by atoms with Gasteiger partial charge in [-0.05, 0) is 12.8 Å². The monoisotopic (exact) mass is 260 g/mol. The smallest absolute Gasteiger partial charge is 0.317 e. The zero-order chi connectivity index (χ0) is 14.1. The number of hydrogen-bond acceptors (Lipinski definition) is 3. The second-order valence-electron chi connectivity index (χ2n) is 4.52. The van der Waals surface area contributed by atoms with Gasteiger partial charge >= 0.3 is 12.0 Å². The van der Waals surface area contributed by atoms with Crippen molar-refractivity contribution >= 4 is 12.0 Å². The number of aliphatic carboxylic acids is 1. The van der Waals surface area contributed by atoms with Crippen LogP contribution in [0, 0.1) is 5.92 Å². The first kappa shape index (κ1) is 16.7. The Bertz CT molecular complexity index is 269. The van der Waals surface area contributed by atoms with E-state index in [0.29, 0.717) is 19.8 Å². The van der Waals surface area contributed by atoms with Gasteiger partial charge < -0.3 is 20.1 Å². The third kappa shape index (κ3) is 7.11. The molecule has 1 unspecified atom stereocenters. The molecule has 0 spiro atoms. The average Bonchev–Trinajstić information content (AvgIpc) is 2.27. The molecule has 1 atom stereocenters. The third-order valence-electron chi connectivity index (χ3n) is 2.63. The molecule has 0 aliphatic carbocycles. The number of hydrogen-bond donors (Lipinski definition) is 2. The SMILES string of the molecule is CCOCCN(C)C(=O)NC(CC(=O)O)C(C)C. The minimum atomic E-state index is -0.911. The summed E-state index contributed by atoms with van der Waals surface area (Å²) in [7, 11) is 1.66. The number of carbonyl (C=O) groups is 2. The minimum absolute atomic E-state index is 0.0668. The highest BCUT2D eigenvalue weighted by atomic mass is 16.5. The van der Waals surface area contributed by atoms with Crippen LogP contribution in [-0.4, -0.2) is 54.9 Å². The fourth-order valence-electron chi connectivity index (χ4n) is 1.36. The van der Waals surface area contributed by atoms with Crippen molar-refractivity contribution in [3.63, 3.8) is 0 Å². The Morgan fingerprint density at radius 2 is 2.00 bits per heavy atom. The first-order chi connectivity index (χ1) is 8.38. The van der Waals surface area contributed by atoms with Crippen LogP contribution in [0.1, 0.15) is 27.2 Å². The Morgan fingerprint density at radius 1 is 1.39 bits per heavy atom. The van der Waals surface area contributed by atoms with E-state index < -0.39 is 5.97 Å². The number of carbonyl (C=O) groups excluding carboxylic acids is 1. The number of nitrogens with zero attached hydrogens (tertiary/aromatic N) is 1. The average molecular weight is 260 g/mol. The fraction of sp³-hybridized carbons (Fsp3) is 0.833. The molecule has 2 amide bonds. The lowest BCUT2D eigenvalue weighted by Crippen LogP contribution is -2.46. The van der Waals surface area contributed by atoms with Crippen molar-refractivity contribution in [2.45, 2.75) is 33.2 Å². The molecule has 2 N–H and O–H groups in total. The van der Waals surface area contributed by atoms with E-state index in [1.165, 1.54) is 4.90 Å². The summed E-state index contributed by atoms with van der Waals surface area (Å²) in [6, 6.07) is -0.626. The van der Waals surface area contributed by atoms with Crippen LogP contribution in [0.4, 0.5) is 4.79 Å². The van der Waals surface area contributed by atoms with Crippen LogP contribution in [0.2, 0.25) is 0 Å². The van der Waals surface area contributed by atoms with Gasteiger partial charge in [-0.1, -0.05) is 13.8 Å². The normalized spacial score (nSPS) is 12.3. The Hall–Kier alpha value is -1.30. The van der Waals surface area contributed by atoms with Crippen molar-refractivity contribution in [1.29, 1.82) is 0 Å². The molecule has 0 saturated heterocycles. The van der Waals surface area contributed by atoms with Crippen LogP contribution < -0.4 is 5.32 Å². The van der Waals surface area contributed by atoms with E-state index in [0.717, 1.165) is 0 Å². The summed E-state index contributed by atoms with van der Waals surface area (Å²) in [6.45, 7) is 7.23. The molecule has 6 heteroatoms. The Kier molecular flexibility index (Phi) is 8.11. The molecule has 0 saturated carbocycles. The number of amides is 2. The molecule has 0 rings (SSSR count). The second-order valence-corrected chi connectivity index (χ2v) is 4.52. The maximum Gasteiger partial charge on any atom is 0.317 e. The second kappa shape index (κ2) is 8.74. The fourth-order valence-corrected chi connectivity index (χ4v) is 1.36. The molecule has 0 bridgehead atoms. The molecule has 0 aromatic rings. The maximum absolute atomic E-state index is 11.8. The Balaban J connectivity index is 4.19. The van der Waals surface area contributed by atoms with Gasteiger partial charge in [0, 0.05) is 26.2 Å². The minimum Gasteiger partial charge on any atom is -0.481 e. The zero-order valence-electron chi connectivity index (χ0n) is 11.6. The first-order valence-corrected chi connectivity index (χ1v) is 6.19. The molecule has 6 nitrogen and oxygen atoms in total. The summed E-state index contributed by atoms with van der Waals surface area (Å²) >= 11 is 0. The molecule has 0 aliphatic rings. The van der Waals surface area contributed by atoms with E-state index >= 15 is 0 Å². The molecule has 0 radical (unpaired) electrons. The summed E-state index contributed by atoms with van der Waals surface area (Å²) in [4.78, 5) is 24.0. The van der Waals surface area contributed by atoms with E-state index in [1.54, 1.807) is 7.05 Å². The lowest BCUT2D eigenvalue weighted by Gasteiger charge is -2.25. The van der Waals surface area contributed by atoms with Crippen LogP contribution in [0.15, 0.2) is 0 Å². The van der Waals surface area contributed by atoms with Gasteiger partial charge in [-0.3, -0.25) is 4.79 Å². The van der Waals surface area contributed by atoms with E-state index in [4.69, 9.17) is 9.84 Å². The van der Waals surface area contributed by atoms with Crippen LogP contribution in [0.3, 0.4) is 0 Å². The summed E-state index contributed by atoms with van der Waals surface area (Å²) in [5.74, 6) is -0.837. The van der Waals surface area contributed by atoms with E-state index in [1.807, 2.05) is 20.8 Å². The van der Waals surface area contributed by atoms with Gasteiger partial charge in [0.15, 0.2) is 0 Å². The Labute approximate surface area is 108 Å². The van der Waals surface area contributed by atoms with Gasteiger partial charge in [-0.2, -0.15) is 0 Å². The number of urea groups is 1. The molecule has 0 heterocycles. The molecule has 0 fully saturated rings. The van der Waals surface area contributed by atoms with Crippen LogP contribution in [-0.2, 0) is 9.53 Å². The standard InChI is InChI=1S/C12H24N2O4/c1-5-18-7-6-14(4)12(17)13-10(9(2)3)8-11(15)16/h9-10H,5-8H2,1-4H3,(H,13,17)(H,15,16). The topological polar surface area (TPSA) is 78.9 Å². The van der Waals surface area contributed by atoms with Gasteiger partial charge in [-0.15, -0.1) is 0 Å². The predicted molar refractivity (Wildman–Crippen MR) is 68.5 cm³/mol. The number of ether oxygens (including phenoxy) is 1. The molecule has 0 aromatic carbocycles. The number of rotatable bonds is 8. The maximum atomic E-state index is 11.8. The summed E-state index contributed by atoms with van der Waals surface area (Å²) in [5.41, 5.74) is 0. The van der Waals surface area contributed by atoms with Crippen molar-refractivity contribution in [2.24, 2.45) is 5.92 Å². The summed E-state index contributed by atoms with van der Waals surface area (Å²) in [5, 5.41) is 11.5. The number of carboxylic acids is 1. The lowest BCUT2D eigenvalue weighted by atomic mass is 10.0. The van der Waals surface area contributed by atoms with Gasteiger partial charge in [0.05, 0.1) is 13.0 Å². The van der Waals surface area contributed by atoms with Crippen LogP contribution in [0.5, 0.6) is 0 Å². The van der Waals surface area contributed by atoms with Gasteiger partial charge in [0.1, 0.15) is 0 Å². The molecular weight excluding hydrogens is 236 g/mol. The highest BCUT2D eigenvalue weighted by Gasteiger charge is 2.20. The van der Waals surface area contributed by atoms with Crippen LogP contribution >= 0.6 is 0 Å². The van der Waals surface area contributed by atoms with Gasteiger partial charge in [0.2, 0.25) is 0 Å². The number of likely N-dealkylation sites (N-methyl/N-ethyl adjacent to an activating group) is 1. The van der Waals surface area contributed by atoms with Crippen molar-refractivity contribution in [2.75, 3.05) is 26.8 Å². The van der Waals surface area contributed by atoms with Crippen molar-refractivity contribution in [1.82, 2.24) is 10.2 Å². The van der Waals surface area contributed by atoms with E-state index in [9.17, 15) is 9.59 Å². The van der Waals surface area contributed by atoms with Crippen molar-refractivity contribution in [3.8, 4) is 0 Å². The van der Waals surface area contributed by atoms with Crippen molar-refractivity contribution < 1.29 is 19.4 Å². The van der Waals surface area contributed by atoms with Crippen molar-refractivity contribution in [3.05, 3.63) is 0 Å². The zero-order valence-corrected chi connectivity index (χ0v) is 11.6. The molecular formula is C12H24N2O4.